The summed E-state index contributed by atoms with van der Waals surface area (Å²) in [4.78, 5) is 23.1. The average Bonchev–Trinajstić information content (AvgIpc) is 2.32. The maximum atomic E-state index is 13.3. The van der Waals surface area contributed by atoms with Crippen LogP contribution in [0.25, 0.3) is 0 Å². The Hall–Kier alpha value is -1.58. The van der Waals surface area contributed by atoms with Gasteiger partial charge in [0, 0.05) is 6.42 Å². The smallest absolute Gasteiger partial charge is 0.173 e. The Kier molecular flexibility index (Phi) is 5.62. The standard InChI is InChI=1S/C14H16F2O2/c1-2-3-4-5-11(17)9-14(18)12-8-10(15)6-7-13(12)16/h6-8H,2-5,9H2,1H3. The maximum Gasteiger partial charge on any atom is 0.173 e. The van der Waals surface area contributed by atoms with Crippen LogP contribution in [0.1, 0.15) is 49.4 Å². The van der Waals surface area contributed by atoms with Crippen LogP contribution >= 0.6 is 0 Å². The highest BCUT2D eigenvalue weighted by Crippen LogP contribution is 2.13. The number of rotatable bonds is 7. The van der Waals surface area contributed by atoms with E-state index in [-0.39, 0.29) is 17.8 Å². The van der Waals surface area contributed by atoms with E-state index in [0.717, 1.165) is 37.5 Å². The minimum absolute atomic E-state index is 0.225. The Morgan fingerprint density at radius 1 is 1.17 bits per heavy atom. The third-order valence-corrected chi connectivity index (χ3v) is 2.65. The Balaban J connectivity index is 2.59. The third kappa shape index (κ3) is 4.35. The van der Waals surface area contributed by atoms with E-state index in [1.54, 1.807) is 0 Å². The highest BCUT2D eigenvalue weighted by Gasteiger charge is 2.16. The number of hydrogen-bond acceptors (Lipinski definition) is 2. The van der Waals surface area contributed by atoms with Crippen molar-refractivity contribution in [3.05, 3.63) is 35.4 Å². The van der Waals surface area contributed by atoms with E-state index < -0.39 is 17.4 Å². The lowest BCUT2D eigenvalue weighted by molar-refractivity contribution is -0.118. The second-order valence-corrected chi connectivity index (χ2v) is 4.22. The van der Waals surface area contributed by atoms with Gasteiger partial charge in [-0.3, -0.25) is 9.59 Å². The molecule has 0 saturated heterocycles. The molecule has 0 aliphatic carbocycles. The van der Waals surface area contributed by atoms with Crippen molar-refractivity contribution in [2.45, 2.75) is 39.0 Å². The molecular formula is C14H16F2O2. The van der Waals surface area contributed by atoms with Crippen LogP contribution in [0, 0.1) is 11.6 Å². The van der Waals surface area contributed by atoms with Crippen molar-refractivity contribution in [1.29, 1.82) is 0 Å². The van der Waals surface area contributed by atoms with Crippen LogP contribution in [0.4, 0.5) is 8.78 Å². The summed E-state index contributed by atoms with van der Waals surface area (Å²) in [6.45, 7) is 2.01. The normalized spacial score (nSPS) is 10.4. The van der Waals surface area contributed by atoms with Gasteiger partial charge in [-0.1, -0.05) is 19.8 Å². The molecule has 0 bridgehead atoms. The zero-order valence-electron chi connectivity index (χ0n) is 10.3. The van der Waals surface area contributed by atoms with Crippen LogP contribution in [-0.4, -0.2) is 11.6 Å². The van der Waals surface area contributed by atoms with Crippen molar-refractivity contribution < 1.29 is 18.4 Å². The van der Waals surface area contributed by atoms with Gasteiger partial charge in [0.25, 0.3) is 0 Å². The minimum Gasteiger partial charge on any atom is -0.299 e. The van der Waals surface area contributed by atoms with E-state index in [1.807, 2.05) is 6.92 Å². The van der Waals surface area contributed by atoms with E-state index >= 15 is 0 Å². The van der Waals surface area contributed by atoms with Gasteiger partial charge in [0.2, 0.25) is 0 Å². The molecule has 0 saturated carbocycles. The van der Waals surface area contributed by atoms with E-state index in [0.29, 0.717) is 6.42 Å². The van der Waals surface area contributed by atoms with Gasteiger partial charge in [0.05, 0.1) is 12.0 Å². The van der Waals surface area contributed by atoms with Crippen molar-refractivity contribution in [1.82, 2.24) is 0 Å². The summed E-state index contributed by atoms with van der Waals surface area (Å²) in [6, 6.07) is 2.66. The van der Waals surface area contributed by atoms with Crippen molar-refractivity contribution in [3.63, 3.8) is 0 Å². The number of unbranched alkanes of at least 4 members (excludes halogenated alkanes) is 2. The molecule has 0 aromatic heterocycles. The summed E-state index contributed by atoms with van der Waals surface area (Å²) in [5.41, 5.74) is -0.348. The Morgan fingerprint density at radius 2 is 1.89 bits per heavy atom. The molecule has 98 valence electrons. The zero-order valence-corrected chi connectivity index (χ0v) is 10.3. The molecule has 2 nitrogen and oxygen atoms in total. The molecule has 0 fully saturated rings. The molecule has 0 atom stereocenters. The summed E-state index contributed by atoms with van der Waals surface area (Å²) in [6.07, 6.45) is 2.60. The van der Waals surface area contributed by atoms with Gasteiger partial charge in [0.15, 0.2) is 5.78 Å². The molecule has 0 radical (unpaired) electrons. The Labute approximate surface area is 105 Å². The molecule has 0 heterocycles. The maximum absolute atomic E-state index is 13.3. The fourth-order valence-electron chi connectivity index (χ4n) is 1.65. The van der Waals surface area contributed by atoms with Gasteiger partial charge < -0.3 is 0 Å². The number of halogens is 2. The first-order valence-electron chi connectivity index (χ1n) is 6.04. The van der Waals surface area contributed by atoms with E-state index in [2.05, 4.69) is 0 Å². The van der Waals surface area contributed by atoms with E-state index in [1.165, 1.54) is 0 Å². The molecule has 0 amide bonds. The summed E-state index contributed by atoms with van der Waals surface area (Å²) >= 11 is 0. The second-order valence-electron chi connectivity index (χ2n) is 4.22. The van der Waals surface area contributed by atoms with Gasteiger partial charge >= 0.3 is 0 Å². The van der Waals surface area contributed by atoms with Crippen LogP contribution < -0.4 is 0 Å². The summed E-state index contributed by atoms with van der Waals surface area (Å²) in [5.74, 6) is -2.36. The number of ketones is 2. The highest BCUT2D eigenvalue weighted by atomic mass is 19.1. The average molecular weight is 254 g/mol. The topological polar surface area (TPSA) is 34.1 Å². The van der Waals surface area contributed by atoms with Gasteiger partial charge in [-0.05, 0) is 24.6 Å². The summed E-state index contributed by atoms with van der Waals surface area (Å²) < 4.78 is 26.2. The van der Waals surface area contributed by atoms with Crippen LogP contribution in [0.2, 0.25) is 0 Å². The van der Waals surface area contributed by atoms with Crippen molar-refractivity contribution in [3.8, 4) is 0 Å². The number of carbonyl (C=O) groups excluding carboxylic acids is 2. The van der Waals surface area contributed by atoms with Crippen molar-refractivity contribution in [2.24, 2.45) is 0 Å². The number of Topliss-reactive ketones (excluding diaryl/α,β-unsaturated/α-hetero) is 2. The van der Waals surface area contributed by atoms with Gasteiger partial charge in [-0.2, -0.15) is 0 Å². The fraction of sp³-hybridized carbons (Fsp3) is 0.429. The lowest BCUT2D eigenvalue weighted by atomic mass is 10.0. The Bertz CT molecular complexity index is 441. The largest absolute Gasteiger partial charge is 0.299 e. The summed E-state index contributed by atoms with van der Waals surface area (Å²) in [5, 5.41) is 0. The minimum atomic E-state index is -0.789. The molecule has 1 aromatic rings. The first-order chi connectivity index (χ1) is 8.54. The molecule has 4 heteroatoms. The van der Waals surface area contributed by atoms with Crippen LogP contribution in [0.15, 0.2) is 18.2 Å². The predicted molar refractivity (Wildman–Crippen MR) is 64.5 cm³/mol. The SMILES string of the molecule is CCCCCC(=O)CC(=O)c1cc(F)ccc1F. The number of hydrogen-bond donors (Lipinski definition) is 0. The quantitative estimate of drug-likeness (QED) is 0.422. The zero-order chi connectivity index (χ0) is 13.5. The summed E-state index contributed by atoms with van der Waals surface area (Å²) in [7, 11) is 0. The molecule has 1 aromatic carbocycles. The molecule has 18 heavy (non-hydrogen) atoms. The molecule has 0 aliphatic rings. The predicted octanol–water partition coefficient (Wildman–Crippen LogP) is 3.69. The van der Waals surface area contributed by atoms with Crippen LogP contribution in [0.3, 0.4) is 0 Å². The molecule has 0 spiro atoms. The van der Waals surface area contributed by atoms with Gasteiger partial charge in [0.1, 0.15) is 17.4 Å². The molecule has 0 N–H and O–H groups in total. The van der Waals surface area contributed by atoms with Crippen LogP contribution in [0.5, 0.6) is 0 Å². The molecule has 1 rings (SSSR count). The van der Waals surface area contributed by atoms with Crippen molar-refractivity contribution >= 4 is 11.6 Å². The first-order valence-corrected chi connectivity index (χ1v) is 6.04. The Morgan fingerprint density at radius 3 is 2.56 bits per heavy atom. The van der Waals surface area contributed by atoms with Gasteiger partial charge in [-0.25, -0.2) is 8.78 Å². The third-order valence-electron chi connectivity index (χ3n) is 2.65. The molecule has 0 aliphatic heterocycles. The second kappa shape index (κ2) is 6.99. The highest BCUT2D eigenvalue weighted by molar-refractivity contribution is 6.08. The number of carbonyl (C=O) groups is 2. The monoisotopic (exact) mass is 254 g/mol. The molecular weight excluding hydrogens is 238 g/mol. The van der Waals surface area contributed by atoms with E-state index in [9.17, 15) is 18.4 Å². The first kappa shape index (κ1) is 14.5. The fourth-order valence-corrected chi connectivity index (χ4v) is 1.65. The van der Waals surface area contributed by atoms with Crippen LogP contribution in [-0.2, 0) is 4.79 Å². The lowest BCUT2D eigenvalue weighted by Gasteiger charge is -2.02. The number of benzene rings is 1. The van der Waals surface area contributed by atoms with Gasteiger partial charge in [-0.15, -0.1) is 0 Å². The lowest BCUT2D eigenvalue weighted by Crippen LogP contribution is -2.10. The van der Waals surface area contributed by atoms with E-state index in [4.69, 9.17) is 0 Å². The van der Waals surface area contributed by atoms with Crippen molar-refractivity contribution in [2.75, 3.05) is 0 Å². The molecule has 0 unspecified atom stereocenters.